The van der Waals surface area contributed by atoms with E-state index in [9.17, 15) is 10.2 Å². The number of ether oxygens (including phenoxy) is 1. The third-order valence-corrected chi connectivity index (χ3v) is 6.69. The van der Waals surface area contributed by atoms with Crippen LogP contribution in [0.4, 0.5) is 4.39 Å². The van der Waals surface area contributed by atoms with Crippen LogP contribution >= 0.6 is 0 Å². The van der Waals surface area contributed by atoms with Crippen LogP contribution in [0, 0.1) is 17.3 Å². The van der Waals surface area contributed by atoms with Gasteiger partial charge in [-0.3, -0.25) is 0 Å². The molecule has 0 unspecified atom stereocenters. The van der Waals surface area contributed by atoms with E-state index < -0.39 is 12.3 Å². The number of benzene rings is 1. The van der Waals surface area contributed by atoms with Crippen molar-refractivity contribution in [1.29, 1.82) is 0 Å². The third-order valence-electron chi connectivity index (χ3n) is 6.69. The molecule has 0 bridgehead atoms. The molecule has 3 aliphatic rings. The highest BCUT2D eigenvalue weighted by Crippen LogP contribution is 2.62. The summed E-state index contributed by atoms with van der Waals surface area (Å²) in [6.07, 6.45) is 1.28. The maximum atomic E-state index is 15.2. The molecule has 3 aliphatic carbocycles. The van der Waals surface area contributed by atoms with Crippen molar-refractivity contribution < 1.29 is 19.3 Å². The van der Waals surface area contributed by atoms with Crippen LogP contribution in [0.25, 0.3) is 0 Å². The summed E-state index contributed by atoms with van der Waals surface area (Å²) in [7, 11) is 1.66. The molecule has 0 radical (unpaired) electrons. The number of hydrogen-bond donors (Lipinski definition) is 2. The number of methoxy groups -OCH3 is 1. The zero-order chi connectivity index (χ0) is 16.4. The maximum Gasteiger partial charge on any atom is 0.115 e. The van der Waals surface area contributed by atoms with Crippen LogP contribution in [0.15, 0.2) is 18.2 Å². The minimum Gasteiger partial charge on any atom is -0.508 e. The fourth-order valence-electron chi connectivity index (χ4n) is 5.95. The molecule has 0 saturated heterocycles. The highest BCUT2D eigenvalue weighted by atomic mass is 19.1. The van der Waals surface area contributed by atoms with Crippen molar-refractivity contribution in [3.63, 3.8) is 0 Å². The lowest BCUT2D eigenvalue weighted by Crippen LogP contribution is -2.49. The molecular formula is C19H25FO3. The number of aryl methyl sites for hydroxylation is 1. The van der Waals surface area contributed by atoms with E-state index >= 15 is 4.39 Å². The van der Waals surface area contributed by atoms with Crippen LogP contribution in [-0.4, -0.2) is 35.7 Å². The van der Waals surface area contributed by atoms with E-state index in [0.717, 1.165) is 24.0 Å². The van der Waals surface area contributed by atoms with Crippen molar-refractivity contribution in [3.05, 3.63) is 29.3 Å². The SMILES string of the molecule is CO[C@H]1[C@H]2[C@@H]3CCc4cc(O)ccc4[C@H]3[C@@H](F)C[C@]2(C)C[C@H]1O. The predicted octanol–water partition coefficient (Wildman–Crippen LogP) is 3.18. The molecule has 3 nitrogen and oxygen atoms in total. The number of halogens is 1. The van der Waals surface area contributed by atoms with Gasteiger partial charge in [-0.1, -0.05) is 13.0 Å². The van der Waals surface area contributed by atoms with Crippen molar-refractivity contribution in [2.45, 2.75) is 56.9 Å². The molecule has 4 heteroatoms. The summed E-state index contributed by atoms with van der Waals surface area (Å²) in [4.78, 5) is 0. The molecule has 0 spiro atoms. The zero-order valence-electron chi connectivity index (χ0n) is 13.7. The lowest BCUT2D eigenvalue weighted by Gasteiger charge is -2.51. The molecule has 126 valence electrons. The van der Waals surface area contributed by atoms with Gasteiger partial charge in [-0.15, -0.1) is 0 Å². The first-order valence-electron chi connectivity index (χ1n) is 8.61. The Kier molecular flexibility index (Phi) is 3.47. The first kappa shape index (κ1) is 15.4. The predicted molar refractivity (Wildman–Crippen MR) is 85.2 cm³/mol. The first-order valence-corrected chi connectivity index (χ1v) is 8.61. The summed E-state index contributed by atoms with van der Waals surface area (Å²) in [5.41, 5.74) is 1.93. The van der Waals surface area contributed by atoms with Crippen LogP contribution < -0.4 is 0 Å². The number of hydrogen-bond acceptors (Lipinski definition) is 3. The minimum absolute atomic E-state index is 0.139. The second-order valence-electron chi connectivity index (χ2n) is 7.98. The molecule has 0 aromatic heterocycles. The highest BCUT2D eigenvalue weighted by Gasteiger charge is 2.60. The molecule has 0 heterocycles. The Bertz CT molecular complexity index is 619. The van der Waals surface area contributed by atoms with Crippen LogP contribution in [0.5, 0.6) is 5.75 Å². The van der Waals surface area contributed by atoms with Gasteiger partial charge in [0.1, 0.15) is 11.9 Å². The van der Waals surface area contributed by atoms with Crippen molar-refractivity contribution >= 4 is 0 Å². The number of aliphatic hydroxyl groups excluding tert-OH is 1. The third kappa shape index (κ3) is 2.14. The summed E-state index contributed by atoms with van der Waals surface area (Å²) < 4.78 is 20.8. The average Bonchev–Trinajstić information content (AvgIpc) is 2.75. The number of aliphatic hydroxyl groups is 1. The van der Waals surface area contributed by atoms with Gasteiger partial charge in [0.2, 0.25) is 0 Å². The van der Waals surface area contributed by atoms with Crippen molar-refractivity contribution in [2.24, 2.45) is 17.3 Å². The van der Waals surface area contributed by atoms with E-state index in [1.807, 2.05) is 6.07 Å². The first-order chi connectivity index (χ1) is 10.9. The molecular weight excluding hydrogens is 295 g/mol. The van der Waals surface area contributed by atoms with Crippen LogP contribution in [0.2, 0.25) is 0 Å². The minimum atomic E-state index is -0.896. The molecule has 2 fully saturated rings. The summed E-state index contributed by atoms with van der Waals surface area (Å²) in [6, 6.07) is 5.34. The van der Waals surface area contributed by atoms with Gasteiger partial charge in [0.05, 0.1) is 12.2 Å². The molecule has 2 saturated carbocycles. The Morgan fingerprint density at radius 1 is 1.30 bits per heavy atom. The summed E-state index contributed by atoms with van der Waals surface area (Å²) in [5, 5.41) is 20.1. The molecule has 0 amide bonds. The Labute approximate surface area is 136 Å². The monoisotopic (exact) mass is 320 g/mol. The highest BCUT2D eigenvalue weighted by molar-refractivity contribution is 5.41. The Hall–Kier alpha value is -1.13. The molecule has 2 N–H and O–H groups in total. The quantitative estimate of drug-likeness (QED) is 0.835. The van der Waals surface area contributed by atoms with Crippen molar-refractivity contribution in [1.82, 2.24) is 0 Å². The Balaban J connectivity index is 1.77. The van der Waals surface area contributed by atoms with E-state index in [0.29, 0.717) is 12.8 Å². The largest absolute Gasteiger partial charge is 0.508 e. The topological polar surface area (TPSA) is 49.7 Å². The Morgan fingerprint density at radius 3 is 2.83 bits per heavy atom. The normalized spacial score (nSPS) is 45.2. The summed E-state index contributed by atoms with van der Waals surface area (Å²) >= 11 is 0. The molecule has 4 rings (SSSR count). The van der Waals surface area contributed by atoms with Gasteiger partial charge in [-0.25, -0.2) is 4.39 Å². The number of rotatable bonds is 1. The fraction of sp³-hybridized carbons (Fsp3) is 0.684. The zero-order valence-corrected chi connectivity index (χ0v) is 13.7. The average molecular weight is 320 g/mol. The molecule has 23 heavy (non-hydrogen) atoms. The smallest absolute Gasteiger partial charge is 0.115 e. The maximum absolute atomic E-state index is 15.2. The van der Waals surface area contributed by atoms with E-state index in [-0.39, 0.29) is 35.0 Å². The van der Waals surface area contributed by atoms with Crippen LogP contribution in [0.3, 0.4) is 0 Å². The fourth-order valence-corrected chi connectivity index (χ4v) is 5.95. The van der Waals surface area contributed by atoms with Gasteiger partial charge in [0.15, 0.2) is 0 Å². The number of aromatic hydroxyl groups is 1. The van der Waals surface area contributed by atoms with Gasteiger partial charge >= 0.3 is 0 Å². The Morgan fingerprint density at radius 2 is 2.09 bits per heavy atom. The van der Waals surface area contributed by atoms with E-state index in [2.05, 4.69) is 6.92 Å². The molecule has 0 aliphatic heterocycles. The second-order valence-corrected chi connectivity index (χ2v) is 7.98. The van der Waals surface area contributed by atoms with Crippen molar-refractivity contribution in [3.8, 4) is 5.75 Å². The molecule has 1 aromatic carbocycles. The van der Waals surface area contributed by atoms with Gasteiger partial charge in [-0.2, -0.15) is 0 Å². The van der Waals surface area contributed by atoms with Crippen LogP contribution in [-0.2, 0) is 11.2 Å². The van der Waals surface area contributed by atoms with E-state index in [1.165, 1.54) is 0 Å². The van der Waals surface area contributed by atoms with E-state index in [4.69, 9.17) is 4.74 Å². The number of alkyl halides is 1. The number of phenols is 1. The summed E-state index contributed by atoms with van der Waals surface area (Å²) in [5.74, 6) is 0.508. The lowest BCUT2D eigenvalue weighted by molar-refractivity contribution is -0.0722. The van der Waals surface area contributed by atoms with Gasteiger partial charge in [0, 0.05) is 13.0 Å². The number of fused-ring (bicyclic) bond motifs is 5. The van der Waals surface area contributed by atoms with Crippen molar-refractivity contribution in [2.75, 3.05) is 7.11 Å². The molecule has 1 aromatic rings. The lowest BCUT2D eigenvalue weighted by atomic mass is 9.55. The number of phenolic OH excluding ortho intramolecular Hbond substituents is 1. The van der Waals surface area contributed by atoms with Crippen LogP contribution in [0.1, 0.15) is 43.2 Å². The van der Waals surface area contributed by atoms with E-state index in [1.54, 1.807) is 19.2 Å². The summed E-state index contributed by atoms with van der Waals surface area (Å²) in [6.45, 7) is 2.12. The molecule has 7 atom stereocenters. The van der Waals surface area contributed by atoms with Gasteiger partial charge in [0.25, 0.3) is 0 Å². The standard InChI is InChI=1S/C19H25FO3/c1-19-8-14(20)16-12-6-4-11(21)7-10(12)3-5-13(16)17(19)18(23-2)15(22)9-19/h4,6-7,13-18,21-22H,3,5,8-9H2,1-2H3/t13-,14+,15-,16-,17-,18-,19-/m1/s1. The second kappa shape index (κ2) is 5.18. The van der Waals surface area contributed by atoms with Gasteiger partial charge in [-0.05, 0) is 66.2 Å². The van der Waals surface area contributed by atoms with Gasteiger partial charge < -0.3 is 14.9 Å².